The largest absolute Gasteiger partial charge is 0.270 e. The summed E-state index contributed by atoms with van der Waals surface area (Å²) in [4.78, 5) is 0. The molecule has 0 amide bonds. The van der Waals surface area contributed by atoms with Crippen LogP contribution in [0, 0.1) is 23.7 Å². The van der Waals surface area contributed by atoms with Crippen LogP contribution >= 0.6 is 0 Å². The fourth-order valence-electron chi connectivity index (χ4n) is 5.42. The molecule has 4 heteroatoms. The van der Waals surface area contributed by atoms with Crippen molar-refractivity contribution < 1.29 is 12.6 Å². The van der Waals surface area contributed by atoms with Crippen molar-refractivity contribution in [1.29, 1.82) is 0 Å². The highest BCUT2D eigenvalue weighted by Gasteiger charge is 2.62. The topological polar surface area (TPSA) is 43.4 Å². The van der Waals surface area contributed by atoms with Gasteiger partial charge < -0.3 is 0 Å². The average molecular weight is 256 g/mol. The smallest absolute Gasteiger partial charge is 0.263 e. The second-order valence-electron chi connectivity index (χ2n) is 6.90. The molecule has 5 aliphatic rings. The third kappa shape index (κ3) is 1.34. The summed E-state index contributed by atoms with van der Waals surface area (Å²) in [6.07, 6.45) is 7.08. The molecule has 4 saturated carbocycles. The van der Waals surface area contributed by atoms with Crippen molar-refractivity contribution in [3.05, 3.63) is 0 Å². The highest BCUT2D eigenvalue weighted by Crippen LogP contribution is 2.60. The summed E-state index contributed by atoms with van der Waals surface area (Å²) in [5, 5.41) is -0.277. The summed E-state index contributed by atoms with van der Waals surface area (Å²) in [6, 6.07) is 0. The zero-order valence-electron chi connectivity index (χ0n) is 10.3. The van der Waals surface area contributed by atoms with E-state index in [1.54, 1.807) is 0 Å². The molecule has 0 aromatic heterocycles. The first kappa shape index (κ1) is 10.8. The zero-order chi connectivity index (χ0) is 11.8. The van der Waals surface area contributed by atoms with Crippen molar-refractivity contribution in [1.82, 2.24) is 0 Å². The molecule has 17 heavy (non-hydrogen) atoms. The molecule has 3 nitrogen and oxygen atoms in total. The highest BCUT2D eigenvalue weighted by atomic mass is 32.2. The Morgan fingerprint density at radius 2 is 1.59 bits per heavy atom. The molecule has 4 bridgehead atoms. The second kappa shape index (κ2) is 3.08. The lowest BCUT2D eigenvalue weighted by molar-refractivity contribution is -0.0263. The van der Waals surface area contributed by atoms with Gasteiger partial charge in [0.25, 0.3) is 10.1 Å². The van der Waals surface area contributed by atoms with Gasteiger partial charge in [-0.25, -0.2) is 0 Å². The van der Waals surface area contributed by atoms with Gasteiger partial charge in [-0.3, -0.25) is 4.18 Å². The Bertz CT molecular complexity index is 441. The van der Waals surface area contributed by atoms with E-state index in [1.165, 1.54) is 19.3 Å². The molecule has 0 unspecified atom stereocenters. The maximum atomic E-state index is 12.0. The van der Waals surface area contributed by atoms with Crippen molar-refractivity contribution in [2.75, 3.05) is 0 Å². The van der Waals surface area contributed by atoms with Gasteiger partial charge in [-0.05, 0) is 63.2 Å². The van der Waals surface area contributed by atoms with Crippen LogP contribution in [0.1, 0.15) is 45.4 Å². The van der Waals surface area contributed by atoms with Crippen molar-refractivity contribution in [3.63, 3.8) is 0 Å². The van der Waals surface area contributed by atoms with Crippen LogP contribution in [0.4, 0.5) is 0 Å². The Hall–Kier alpha value is -0.0900. The maximum Gasteiger partial charge on any atom is 0.270 e. The summed E-state index contributed by atoms with van der Waals surface area (Å²) < 4.78 is 29.7. The van der Waals surface area contributed by atoms with E-state index in [4.69, 9.17) is 4.18 Å². The van der Waals surface area contributed by atoms with E-state index in [9.17, 15) is 8.42 Å². The van der Waals surface area contributed by atoms with Gasteiger partial charge in [0.2, 0.25) is 0 Å². The molecule has 1 saturated heterocycles. The van der Waals surface area contributed by atoms with E-state index in [2.05, 4.69) is 0 Å². The molecule has 96 valence electrons. The van der Waals surface area contributed by atoms with Gasteiger partial charge >= 0.3 is 0 Å². The Balaban J connectivity index is 1.83. The molecule has 1 aliphatic heterocycles. The molecule has 1 heterocycles. The molecule has 0 aromatic carbocycles. The molecule has 0 N–H and O–H groups in total. The first-order valence-electron chi connectivity index (χ1n) is 6.93. The summed E-state index contributed by atoms with van der Waals surface area (Å²) in [7, 11) is -3.29. The third-order valence-corrected chi connectivity index (χ3v) is 7.64. The van der Waals surface area contributed by atoms with E-state index in [-0.39, 0.29) is 16.8 Å². The van der Waals surface area contributed by atoms with Crippen LogP contribution in [0.3, 0.4) is 0 Å². The molecule has 5 fully saturated rings. The summed E-state index contributed by atoms with van der Waals surface area (Å²) >= 11 is 0. The summed E-state index contributed by atoms with van der Waals surface area (Å²) in [6.45, 7) is 1.86. The van der Waals surface area contributed by atoms with E-state index >= 15 is 0 Å². The van der Waals surface area contributed by atoms with Crippen molar-refractivity contribution in [3.8, 4) is 0 Å². The van der Waals surface area contributed by atoms with Gasteiger partial charge in [0.1, 0.15) is 0 Å². The molecular weight excluding hydrogens is 236 g/mol. The molecule has 0 radical (unpaired) electrons. The lowest BCUT2D eigenvalue weighted by Gasteiger charge is -2.43. The van der Waals surface area contributed by atoms with Crippen LogP contribution in [0.5, 0.6) is 0 Å². The standard InChI is InChI=1S/C13H20O3S/c1-8-12-5-9-2-10-4-11(3-9)7-13(12,6-10)16-17(8,14)15/h8-12H,2-7H2,1H3/t8-,9?,10+,11+,12-,13?/m0/s1. The van der Waals surface area contributed by atoms with Crippen LogP contribution in [-0.4, -0.2) is 19.3 Å². The van der Waals surface area contributed by atoms with Crippen LogP contribution < -0.4 is 0 Å². The monoisotopic (exact) mass is 256 g/mol. The molecule has 4 aliphatic carbocycles. The second-order valence-corrected chi connectivity index (χ2v) is 8.80. The van der Waals surface area contributed by atoms with Gasteiger partial charge in [0, 0.05) is 5.92 Å². The highest BCUT2D eigenvalue weighted by molar-refractivity contribution is 7.87. The fraction of sp³-hybridized carbons (Fsp3) is 1.00. The SMILES string of the molecule is C[C@H]1[C@@H]2CC3C[C@@H]4C[C@@H](C3)CC2(C4)OS1(=O)=O. The van der Waals surface area contributed by atoms with Crippen LogP contribution in [0.15, 0.2) is 0 Å². The average Bonchev–Trinajstić information content (AvgIpc) is 2.33. The van der Waals surface area contributed by atoms with Gasteiger partial charge in [-0.2, -0.15) is 8.42 Å². The van der Waals surface area contributed by atoms with Gasteiger partial charge in [0.15, 0.2) is 0 Å². The summed E-state index contributed by atoms with van der Waals surface area (Å²) in [5.74, 6) is 2.51. The third-order valence-electron chi connectivity index (χ3n) is 5.84. The summed E-state index contributed by atoms with van der Waals surface area (Å²) in [5.41, 5.74) is -0.295. The van der Waals surface area contributed by atoms with Crippen molar-refractivity contribution in [2.24, 2.45) is 23.7 Å². The first-order chi connectivity index (χ1) is 7.98. The van der Waals surface area contributed by atoms with Crippen molar-refractivity contribution >= 4 is 10.1 Å². The fourth-order valence-corrected chi connectivity index (χ4v) is 7.06. The van der Waals surface area contributed by atoms with E-state index in [1.807, 2.05) is 6.92 Å². The van der Waals surface area contributed by atoms with Crippen LogP contribution in [0.25, 0.3) is 0 Å². The van der Waals surface area contributed by atoms with Crippen LogP contribution in [-0.2, 0) is 14.3 Å². The Morgan fingerprint density at radius 3 is 2.24 bits per heavy atom. The van der Waals surface area contributed by atoms with Crippen molar-refractivity contribution in [2.45, 2.75) is 56.3 Å². The van der Waals surface area contributed by atoms with Gasteiger partial charge in [0.05, 0.1) is 10.9 Å². The minimum atomic E-state index is -3.29. The predicted molar refractivity (Wildman–Crippen MR) is 63.9 cm³/mol. The number of rotatable bonds is 0. The van der Waals surface area contributed by atoms with Gasteiger partial charge in [-0.15, -0.1) is 0 Å². The minimum Gasteiger partial charge on any atom is -0.263 e. The van der Waals surface area contributed by atoms with E-state index < -0.39 is 10.1 Å². The Morgan fingerprint density at radius 1 is 1.00 bits per heavy atom. The molecule has 5 rings (SSSR count). The van der Waals surface area contributed by atoms with Gasteiger partial charge in [-0.1, -0.05) is 0 Å². The zero-order valence-corrected chi connectivity index (χ0v) is 11.1. The normalized spacial score (nSPS) is 59.0. The van der Waals surface area contributed by atoms with Crippen LogP contribution in [0.2, 0.25) is 0 Å². The minimum absolute atomic E-state index is 0.271. The first-order valence-corrected chi connectivity index (χ1v) is 8.40. The number of hydrogen-bond acceptors (Lipinski definition) is 3. The quantitative estimate of drug-likeness (QED) is 0.625. The maximum absolute atomic E-state index is 12.0. The molecule has 4 atom stereocenters. The van der Waals surface area contributed by atoms with E-state index in [0.29, 0.717) is 0 Å². The van der Waals surface area contributed by atoms with E-state index in [0.717, 1.165) is 37.0 Å². The Labute approximate surface area is 103 Å². The predicted octanol–water partition coefficient (Wildman–Crippen LogP) is 2.32. The lowest BCUT2D eigenvalue weighted by atomic mass is 9.65. The molecule has 0 aromatic rings. The molecule has 1 spiro atoms. The Kier molecular flexibility index (Phi) is 1.95. The molecular formula is C13H20O3S. The number of hydrogen-bond donors (Lipinski definition) is 0. The lowest BCUT2D eigenvalue weighted by Crippen LogP contribution is -2.43.